The van der Waals surface area contributed by atoms with E-state index in [0.717, 1.165) is 11.8 Å². The molecule has 2 aliphatic carbocycles. The molecule has 86 valence electrons. The summed E-state index contributed by atoms with van der Waals surface area (Å²) >= 11 is 0. The molecule has 2 saturated carbocycles. The predicted octanol–water partition coefficient (Wildman–Crippen LogP) is 4.71. The van der Waals surface area contributed by atoms with Gasteiger partial charge in [0.2, 0.25) is 0 Å². The van der Waals surface area contributed by atoms with Gasteiger partial charge in [-0.3, -0.25) is 0 Å². The molecule has 3 atom stereocenters. The van der Waals surface area contributed by atoms with E-state index in [1.807, 2.05) is 0 Å². The standard InChI is InChI=1S/C14H26Si/c1-4-8-15(2,3)9-7-12-5-6-13-11-14(13)10-12/h4,12-14H,1,5-11H2,2-3H3. The maximum atomic E-state index is 3.89. The first-order valence-electron chi connectivity index (χ1n) is 6.71. The summed E-state index contributed by atoms with van der Waals surface area (Å²) in [4.78, 5) is 0. The van der Waals surface area contributed by atoms with Gasteiger partial charge >= 0.3 is 0 Å². The number of hydrogen-bond donors (Lipinski definition) is 0. The molecular formula is C14H26Si. The van der Waals surface area contributed by atoms with Crippen molar-refractivity contribution in [3.8, 4) is 0 Å². The average Bonchev–Trinajstić information content (AvgIpc) is 2.92. The quantitative estimate of drug-likeness (QED) is 0.467. The lowest BCUT2D eigenvalue weighted by atomic mass is 9.87. The molecule has 0 N–H and O–H groups in total. The van der Waals surface area contributed by atoms with E-state index in [1.54, 1.807) is 25.7 Å². The van der Waals surface area contributed by atoms with Crippen LogP contribution in [0.5, 0.6) is 0 Å². The van der Waals surface area contributed by atoms with Crippen LogP contribution in [0.25, 0.3) is 0 Å². The Balaban J connectivity index is 1.70. The largest absolute Gasteiger partial charge is 0.103 e. The highest BCUT2D eigenvalue weighted by Gasteiger charge is 2.41. The minimum absolute atomic E-state index is 0.914. The molecule has 3 unspecified atom stereocenters. The number of rotatable bonds is 5. The van der Waals surface area contributed by atoms with Gasteiger partial charge in [-0.2, -0.15) is 0 Å². The Morgan fingerprint density at radius 3 is 2.67 bits per heavy atom. The van der Waals surface area contributed by atoms with Crippen molar-refractivity contribution in [2.45, 2.75) is 57.3 Å². The lowest BCUT2D eigenvalue weighted by Gasteiger charge is -2.26. The molecule has 15 heavy (non-hydrogen) atoms. The van der Waals surface area contributed by atoms with Crippen LogP contribution in [0.1, 0.15) is 32.1 Å². The first kappa shape index (κ1) is 11.4. The van der Waals surface area contributed by atoms with Crippen molar-refractivity contribution in [1.29, 1.82) is 0 Å². The second-order valence-electron chi connectivity index (χ2n) is 6.63. The molecule has 0 aromatic heterocycles. The van der Waals surface area contributed by atoms with Gasteiger partial charge in [0.05, 0.1) is 8.07 Å². The minimum Gasteiger partial charge on any atom is -0.103 e. The highest BCUT2D eigenvalue weighted by molar-refractivity contribution is 6.77. The monoisotopic (exact) mass is 222 g/mol. The van der Waals surface area contributed by atoms with Crippen molar-refractivity contribution in [2.75, 3.05) is 0 Å². The summed E-state index contributed by atoms with van der Waals surface area (Å²) in [6, 6.07) is 2.84. The van der Waals surface area contributed by atoms with Gasteiger partial charge in [-0.15, -0.1) is 6.58 Å². The molecule has 0 heterocycles. The first-order chi connectivity index (χ1) is 7.11. The van der Waals surface area contributed by atoms with E-state index in [1.165, 1.54) is 24.4 Å². The van der Waals surface area contributed by atoms with Crippen molar-refractivity contribution in [3.05, 3.63) is 12.7 Å². The predicted molar refractivity (Wildman–Crippen MR) is 70.8 cm³/mol. The zero-order valence-electron chi connectivity index (χ0n) is 10.5. The second-order valence-corrected chi connectivity index (χ2v) is 11.9. The lowest BCUT2D eigenvalue weighted by Crippen LogP contribution is -2.25. The summed E-state index contributed by atoms with van der Waals surface area (Å²) in [6.07, 6.45) is 9.91. The molecule has 0 spiro atoms. The number of hydrogen-bond acceptors (Lipinski definition) is 0. The molecule has 0 radical (unpaired) electrons. The lowest BCUT2D eigenvalue weighted by molar-refractivity contribution is 0.334. The highest BCUT2D eigenvalue weighted by Crippen LogP contribution is 2.52. The SMILES string of the molecule is C=CC[Si](C)(C)CCC1CCC2CC2C1. The van der Waals surface area contributed by atoms with E-state index in [-0.39, 0.29) is 0 Å². The zero-order valence-corrected chi connectivity index (χ0v) is 11.5. The summed E-state index contributed by atoms with van der Waals surface area (Å²) < 4.78 is 0. The van der Waals surface area contributed by atoms with E-state index in [0.29, 0.717) is 0 Å². The van der Waals surface area contributed by atoms with E-state index >= 15 is 0 Å². The Hall–Kier alpha value is -0.0431. The Labute approximate surface area is 96.2 Å². The number of fused-ring (bicyclic) bond motifs is 1. The highest BCUT2D eigenvalue weighted by atomic mass is 28.3. The number of allylic oxidation sites excluding steroid dienone is 1. The molecule has 0 nitrogen and oxygen atoms in total. The molecule has 0 amide bonds. The normalized spacial score (nSPS) is 34.7. The second kappa shape index (κ2) is 4.45. The third-order valence-corrected chi connectivity index (χ3v) is 7.61. The topological polar surface area (TPSA) is 0 Å². The van der Waals surface area contributed by atoms with Crippen LogP contribution in [0.15, 0.2) is 12.7 Å². The summed E-state index contributed by atoms with van der Waals surface area (Å²) in [5, 5.41) is 0. The molecule has 0 aliphatic heterocycles. The fourth-order valence-corrected chi connectivity index (χ4v) is 5.47. The molecule has 2 fully saturated rings. The van der Waals surface area contributed by atoms with Crippen LogP contribution < -0.4 is 0 Å². The van der Waals surface area contributed by atoms with Crippen molar-refractivity contribution < 1.29 is 0 Å². The van der Waals surface area contributed by atoms with E-state index < -0.39 is 8.07 Å². The van der Waals surface area contributed by atoms with Crippen molar-refractivity contribution in [3.63, 3.8) is 0 Å². The Kier molecular flexibility index (Phi) is 3.39. The zero-order chi connectivity index (χ0) is 10.9. The van der Waals surface area contributed by atoms with Crippen LogP contribution in [-0.4, -0.2) is 8.07 Å². The Morgan fingerprint density at radius 2 is 2.00 bits per heavy atom. The van der Waals surface area contributed by atoms with Gasteiger partial charge in [-0.05, 0) is 43.1 Å². The molecule has 0 bridgehead atoms. The molecule has 2 rings (SSSR count). The fourth-order valence-electron chi connectivity index (χ4n) is 3.30. The van der Waals surface area contributed by atoms with Crippen LogP contribution in [0.4, 0.5) is 0 Å². The van der Waals surface area contributed by atoms with Crippen molar-refractivity contribution in [2.24, 2.45) is 17.8 Å². The van der Waals surface area contributed by atoms with Crippen LogP contribution in [0.2, 0.25) is 25.2 Å². The molecule has 0 saturated heterocycles. The minimum atomic E-state index is -0.914. The molecule has 0 aromatic rings. The Bertz CT molecular complexity index is 231. The van der Waals surface area contributed by atoms with E-state index in [4.69, 9.17) is 0 Å². The van der Waals surface area contributed by atoms with Crippen molar-refractivity contribution in [1.82, 2.24) is 0 Å². The molecular weight excluding hydrogens is 196 g/mol. The van der Waals surface area contributed by atoms with Crippen LogP contribution >= 0.6 is 0 Å². The summed E-state index contributed by atoms with van der Waals surface area (Å²) in [7, 11) is -0.914. The van der Waals surface area contributed by atoms with Crippen LogP contribution in [0, 0.1) is 17.8 Å². The molecule has 2 aliphatic rings. The smallest absolute Gasteiger partial charge is 0.0511 e. The summed E-state index contributed by atoms with van der Waals surface area (Å²) in [6.45, 7) is 8.94. The van der Waals surface area contributed by atoms with E-state index in [2.05, 4.69) is 25.7 Å². The maximum absolute atomic E-state index is 3.89. The van der Waals surface area contributed by atoms with Gasteiger partial charge < -0.3 is 0 Å². The van der Waals surface area contributed by atoms with E-state index in [9.17, 15) is 0 Å². The summed E-state index contributed by atoms with van der Waals surface area (Å²) in [5.74, 6) is 3.41. The average molecular weight is 222 g/mol. The third kappa shape index (κ3) is 3.20. The van der Waals surface area contributed by atoms with Gasteiger partial charge in [-0.25, -0.2) is 0 Å². The van der Waals surface area contributed by atoms with Crippen LogP contribution in [0.3, 0.4) is 0 Å². The van der Waals surface area contributed by atoms with Crippen LogP contribution in [-0.2, 0) is 0 Å². The summed E-state index contributed by atoms with van der Waals surface area (Å²) in [5.41, 5.74) is 0. The Morgan fingerprint density at radius 1 is 1.20 bits per heavy atom. The maximum Gasteiger partial charge on any atom is 0.0511 e. The van der Waals surface area contributed by atoms with Gasteiger partial charge in [0.15, 0.2) is 0 Å². The van der Waals surface area contributed by atoms with Crippen molar-refractivity contribution >= 4 is 8.07 Å². The fraction of sp³-hybridized carbons (Fsp3) is 0.857. The first-order valence-corrected chi connectivity index (χ1v) is 10.1. The third-order valence-electron chi connectivity index (χ3n) is 4.58. The van der Waals surface area contributed by atoms with Gasteiger partial charge in [0.25, 0.3) is 0 Å². The molecule has 0 aromatic carbocycles. The van der Waals surface area contributed by atoms with Gasteiger partial charge in [-0.1, -0.05) is 38.1 Å². The molecule has 1 heteroatoms. The van der Waals surface area contributed by atoms with Gasteiger partial charge in [0.1, 0.15) is 0 Å². The van der Waals surface area contributed by atoms with Gasteiger partial charge in [0, 0.05) is 0 Å².